The molecule has 0 fully saturated rings. The van der Waals surface area contributed by atoms with Crippen molar-refractivity contribution in [2.45, 2.75) is 0 Å². The summed E-state index contributed by atoms with van der Waals surface area (Å²) in [5, 5.41) is 6.25. The largest absolute Gasteiger partial charge is 4.00 e. The van der Waals surface area contributed by atoms with E-state index < -0.39 is 0 Å². The molecule has 0 saturated heterocycles. The van der Waals surface area contributed by atoms with Crippen molar-refractivity contribution in [3.05, 3.63) is 227 Å². The van der Waals surface area contributed by atoms with Crippen LogP contribution in [-0.4, -0.2) is 19.9 Å². The van der Waals surface area contributed by atoms with Crippen LogP contribution in [0.4, 0.5) is 45.5 Å². The van der Waals surface area contributed by atoms with Gasteiger partial charge in [-0.3, -0.25) is 19.9 Å². The minimum absolute atomic E-state index is 0. The molecule has 4 aromatic heterocycles. The second-order valence-corrected chi connectivity index (χ2v) is 14.5. The molecule has 0 N–H and O–H groups in total. The minimum Gasteiger partial charge on any atom is -0.512 e. The third-order valence-electron chi connectivity index (χ3n) is 11.1. The van der Waals surface area contributed by atoms with E-state index in [-0.39, 0.29) is 21.1 Å². The van der Waals surface area contributed by atoms with Crippen LogP contribution in [-0.2, 0) is 21.1 Å². The van der Waals surface area contributed by atoms with E-state index in [4.69, 9.17) is 11.8 Å². The zero-order chi connectivity index (χ0) is 41.8. The normalized spacial score (nSPS) is 12.5. The molecule has 9 nitrogen and oxygen atoms in total. The molecule has 2 aliphatic heterocycles. The topological polar surface area (TPSA) is 88.3 Å². The molecule has 2 aliphatic rings. The number of benzene rings is 5. The van der Waals surface area contributed by atoms with Crippen molar-refractivity contribution in [3.63, 3.8) is 0 Å². The van der Waals surface area contributed by atoms with Crippen molar-refractivity contribution in [3.8, 4) is 44.5 Å². The van der Waals surface area contributed by atoms with Gasteiger partial charge in [-0.1, -0.05) is 60.7 Å². The van der Waals surface area contributed by atoms with Gasteiger partial charge in [0.05, 0.1) is 0 Å². The Kier molecular flexibility index (Phi) is 11.5. The van der Waals surface area contributed by atoms with Gasteiger partial charge in [0.1, 0.15) is 0 Å². The second-order valence-electron chi connectivity index (χ2n) is 14.5. The fourth-order valence-corrected chi connectivity index (χ4v) is 8.35. The van der Waals surface area contributed by atoms with Gasteiger partial charge in [0.25, 0.3) is 0 Å². The van der Waals surface area contributed by atoms with E-state index in [1.807, 2.05) is 49.6 Å². The molecular formula is C53H35N9Pt. The maximum atomic E-state index is 6.25. The van der Waals surface area contributed by atoms with Crippen LogP contribution < -0.4 is 19.6 Å². The fraction of sp³-hybridized carbons (Fsp3) is 0. The van der Waals surface area contributed by atoms with Crippen molar-refractivity contribution in [1.82, 2.24) is 19.9 Å². The molecule has 5 aromatic carbocycles. The van der Waals surface area contributed by atoms with Crippen LogP contribution in [0.3, 0.4) is 0 Å². The Morgan fingerprint density at radius 1 is 0.349 bits per heavy atom. The van der Waals surface area contributed by atoms with Gasteiger partial charge >= 0.3 is 21.1 Å². The molecule has 0 spiro atoms. The molecule has 0 aliphatic carbocycles. The van der Waals surface area contributed by atoms with Crippen LogP contribution in [0.1, 0.15) is 0 Å². The molecule has 302 valence electrons. The molecule has 6 heterocycles. The van der Waals surface area contributed by atoms with Crippen LogP contribution in [0.25, 0.3) is 44.5 Å². The zero-order valence-electron chi connectivity index (χ0n) is 33.5. The monoisotopic (exact) mass is 992 g/mol. The van der Waals surface area contributed by atoms with E-state index in [0.717, 1.165) is 90.0 Å². The number of pyridine rings is 4. The van der Waals surface area contributed by atoms with E-state index >= 15 is 0 Å². The number of anilines is 8. The van der Waals surface area contributed by atoms with Gasteiger partial charge in [-0.2, -0.15) is 6.07 Å². The summed E-state index contributed by atoms with van der Waals surface area (Å²) >= 11 is 0. The van der Waals surface area contributed by atoms with Crippen LogP contribution in [0.2, 0.25) is 0 Å². The number of aromatic nitrogens is 4. The second kappa shape index (κ2) is 18.0. The predicted molar refractivity (Wildman–Crippen MR) is 246 cm³/mol. The molecule has 9 aromatic rings. The third kappa shape index (κ3) is 7.47. The van der Waals surface area contributed by atoms with E-state index in [1.54, 1.807) is 0 Å². The summed E-state index contributed by atoms with van der Waals surface area (Å²) < 4.78 is 0. The number of hydrogen-bond donors (Lipinski definition) is 0. The average molecular weight is 993 g/mol. The number of hydrogen-bond acceptors (Lipinski definition) is 9. The van der Waals surface area contributed by atoms with Gasteiger partial charge in [0, 0.05) is 106 Å². The summed E-state index contributed by atoms with van der Waals surface area (Å²) in [6, 6.07) is 56.8. The quantitative estimate of drug-likeness (QED) is 0.138. The Balaban J connectivity index is 0.00000166. The summed E-state index contributed by atoms with van der Waals surface area (Å²) in [6.07, 6.45) is 14.8. The minimum atomic E-state index is 0. The molecule has 0 saturated carbocycles. The number of para-hydroxylation sites is 6. The molecule has 10 heteroatoms. The standard InChI is InChI=1S/C52H35N8.CN.Pt/c1-3-16-49-47(14-1)57(35-59(49)51-43(37-18-26-53-27-19-37)10-6-11-44(51)38-20-28-54-29-21-38)41-8-5-9-42(34-41)58-36-60(50-17-4-2-15-48(50)58)52-45(39-22-30-55-31-23-39)12-7-13-46(52)40-24-32-56-33-25-40;1-2;/h1-33,35-36H;;/q-3;-1;+4. The van der Waals surface area contributed by atoms with E-state index in [2.05, 4.69) is 211 Å². The first-order chi connectivity index (χ1) is 30.8. The number of fused-ring (bicyclic) bond motifs is 2. The van der Waals surface area contributed by atoms with Gasteiger partial charge in [-0.15, -0.1) is 42.9 Å². The van der Waals surface area contributed by atoms with Gasteiger partial charge in [-0.05, 0) is 95.1 Å². The summed E-state index contributed by atoms with van der Waals surface area (Å²) in [4.78, 5) is 26.4. The van der Waals surface area contributed by atoms with E-state index in [9.17, 15) is 0 Å². The molecule has 0 bridgehead atoms. The Bertz CT molecular complexity index is 2710. The van der Waals surface area contributed by atoms with Crippen molar-refractivity contribution in [2.75, 3.05) is 19.6 Å². The maximum absolute atomic E-state index is 6.25. The summed E-state index contributed by atoms with van der Waals surface area (Å²) in [6.45, 7) is 9.12. The van der Waals surface area contributed by atoms with Crippen LogP contribution in [0.5, 0.6) is 0 Å². The third-order valence-corrected chi connectivity index (χ3v) is 11.1. The smallest absolute Gasteiger partial charge is 0.512 e. The van der Waals surface area contributed by atoms with Gasteiger partial charge < -0.3 is 31.4 Å². The van der Waals surface area contributed by atoms with Crippen LogP contribution in [0, 0.1) is 31.2 Å². The van der Waals surface area contributed by atoms with Gasteiger partial charge in [-0.25, -0.2) is 0 Å². The van der Waals surface area contributed by atoms with Crippen LogP contribution >= 0.6 is 0 Å². The molecule has 11 rings (SSSR count). The van der Waals surface area contributed by atoms with E-state index in [1.165, 1.54) is 0 Å². The Morgan fingerprint density at radius 3 is 0.921 bits per heavy atom. The molecule has 0 amide bonds. The maximum Gasteiger partial charge on any atom is 4.00 e. The zero-order valence-corrected chi connectivity index (χ0v) is 35.8. The first-order valence-corrected chi connectivity index (χ1v) is 20.0. The Morgan fingerprint density at radius 2 is 0.619 bits per heavy atom. The Labute approximate surface area is 381 Å². The predicted octanol–water partition coefficient (Wildman–Crippen LogP) is 12.6. The van der Waals surface area contributed by atoms with E-state index in [0.29, 0.717) is 0 Å². The average Bonchev–Trinajstić information content (AvgIpc) is 3.95. The first-order valence-electron chi connectivity index (χ1n) is 20.0. The summed E-state index contributed by atoms with van der Waals surface area (Å²) in [5.41, 5.74) is 16.9. The van der Waals surface area contributed by atoms with Crippen molar-refractivity contribution >= 4 is 45.5 Å². The van der Waals surface area contributed by atoms with Gasteiger partial charge in [0.2, 0.25) is 0 Å². The molecule has 0 radical (unpaired) electrons. The summed E-state index contributed by atoms with van der Waals surface area (Å²) in [7, 11) is 0. The first kappa shape index (κ1) is 40.5. The fourth-order valence-electron chi connectivity index (χ4n) is 8.35. The molecule has 63 heavy (non-hydrogen) atoms. The Hall–Kier alpha value is -7.92. The van der Waals surface area contributed by atoms with Crippen molar-refractivity contribution in [1.29, 1.82) is 5.26 Å². The van der Waals surface area contributed by atoms with Crippen molar-refractivity contribution < 1.29 is 21.1 Å². The van der Waals surface area contributed by atoms with Crippen molar-refractivity contribution in [2.24, 2.45) is 0 Å². The SMILES string of the molecule is [C-]#N.[Pt+4].[c-]1c(N2[CH-]N(c3c(-c4ccncc4)cccc3-c3ccncc3)c3ccccc32)cccc1N1[CH-]N(c2c(-c3ccncc3)cccc2-c2ccncc2)c2ccccc21. The summed E-state index contributed by atoms with van der Waals surface area (Å²) in [5.74, 6) is 0. The number of rotatable bonds is 8. The molecule has 0 atom stereocenters. The molecule has 0 unspecified atom stereocenters. The number of nitrogens with zero attached hydrogens (tertiary/aromatic N) is 9. The van der Waals surface area contributed by atoms with Crippen LogP contribution in [0.15, 0.2) is 201 Å². The molecular weight excluding hydrogens is 958 g/mol. The van der Waals surface area contributed by atoms with Gasteiger partial charge in [0.15, 0.2) is 0 Å².